The number of aryl methyl sites for hydroxylation is 2. The van der Waals surface area contributed by atoms with E-state index in [2.05, 4.69) is 34.6 Å². The lowest BCUT2D eigenvalue weighted by atomic mass is 9.98. The van der Waals surface area contributed by atoms with Gasteiger partial charge in [0.05, 0.1) is 29.5 Å². The first kappa shape index (κ1) is 21.5. The first-order chi connectivity index (χ1) is 16.1. The molecule has 0 atom stereocenters. The van der Waals surface area contributed by atoms with E-state index < -0.39 is 0 Å². The quantitative estimate of drug-likeness (QED) is 0.462. The lowest BCUT2D eigenvalue weighted by Gasteiger charge is -2.20. The van der Waals surface area contributed by atoms with Crippen LogP contribution in [-0.4, -0.2) is 39.3 Å². The van der Waals surface area contributed by atoms with Crippen LogP contribution in [0, 0.1) is 0 Å². The Morgan fingerprint density at radius 1 is 1.00 bits per heavy atom. The van der Waals surface area contributed by atoms with Crippen LogP contribution < -0.4 is 15.7 Å². The lowest BCUT2D eigenvalue weighted by molar-refractivity contribution is 0.415. The van der Waals surface area contributed by atoms with Gasteiger partial charge in [0, 0.05) is 30.1 Å². The zero-order chi connectivity index (χ0) is 22.9. The third-order valence-corrected chi connectivity index (χ3v) is 6.73. The number of methoxy groups -OCH3 is 1. The minimum absolute atomic E-state index is 0.0418. The number of aromatic nitrogens is 4. The zero-order valence-corrected chi connectivity index (χ0v) is 19.5. The fourth-order valence-corrected chi connectivity index (χ4v) is 4.95. The average Bonchev–Trinajstić information content (AvgIpc) is 3.42. The molecule has 1 aliphatic rings. The minimum Gasteiger partial charge on any atom is -0.497 e. The molecule has 1 saturated heterocycles. The highest BCUT2D eigenvalue weighted by atomic mass is 16.5. The van der Waals surface area contributed by atoms with E-state index in [-0.39, 0.29) is 5.69 Å². The number of fused-ring (bicyclic) bond motifs is 1. The molecular weight excluding hydrogens is 414 g/mol. The van der Waals surface area contributed by atoms with Crippen molar-refractivity contribution < 1.29 is 4.74 Å². The maximum atomic E-state index is 12.9. The molecule has 0 bridgehead atoms. The van der Waals surface area contributed by atoms with Crippen molar-refractivity contribution in [2.45, 2.75) is 45.7 Å². The van der Waals surface area contributed by atoms with Crippen molar-refractivity contribution in [1.82, 2.24) is 24.4 Å². The van der Waals surface area contributed by atoms with Crippen molar-refractivity contribution in [3.63, 3.8) is 0 Å². The summed E-state index contributed by atoms with van der Waals surface area (Å²) in [5.41, 5.74) is 5.91. The number of imidazole rings is 2. The van der Waals surface area contributed by atoms with Gasteiger partial charge in [-0.1, -0.05) is 18.2 Å². The number of aromatic amines is 1. The van der Waals surface area contributed by atoms with Crippen LogP contribution in [-0.2, 0) is 13.1 Å². The molecule has 4 aromatic rings. The van der Waals surface area contributed by atoms with Gasteiger partial charge in [-0.2, -0.15) is 0 Å². The fourth-order valence-electron chi connectivity index (χ4n) is 4.95. The van der Waals surface area contributed by atoms with Crippen molar-refractivity contribution >= 4 is 11.0 Å². The number of benzene rings is 2. The highest BCUT2D eigenvalue weighted by Crippen LogP contribution is 2.36. The number of hydrogen-bond donors (Lipinski definition) is 2. The van der Waals surface area contributed by atoms with Crippen molar-refractivity contribution in [3.05, 3.63) is 58.8 Å². The molecule has 0 unspecified atom stereocenters. The van der Waals surface area contributed by atoms with Gasteiger partial charge in [-0.3, -0.25) is 9.13 Å². The summed E-state index contributed by atoms with van der Waals surface area (Å²) in [7, 11) is 1.68. The van der Waals surface area contributed by atoms with E-state index in [0.717, 1.165) is 71.1 Å². The highest BCUT2D eigenvalue weighted by Gasteiger charge is 2.23. The predicted molar refractivity (Wildman–Crippen MR) is 132 cm³/mol. The van der Waals surface area contributed by atoms with Gasteiger partial charge in [0.1, 0.15) is 11.6 Å². The molecule has 2 aromatic carbocycles. The van der Waals surface area contributed by atoms with E-state index in [1.165, 1.54) is 0 Å². The molecule has 5 rings (SSSR count). The summed E-state index contributed by atoms with van der Waals surface area (Å²) < 4.78 is 9.15. The molecule has 0 saturated carbocycles. The van der Waals surface area contributed by atoms with E-state index in [9.17, 15) is 4.79 Å². The highest BCUT2D eigenvalue weighted by molar-refractivity contribution is 5.86. The molecule has 0 amide bonds. The van der Waals surface area contributed by atoms with Crippen LogP contribution in [0.2, 0.25) is 0 Å². The van der Waals surface area contributed by atoms with Gasteiger partial charge in [0.2, 0.25) is 0 Å². The molecular formula is C26H31N5O2. The van der Waals surface area contributed by atoms with Gasteiger partial charge in [-0.25, -0.2) is 9.78 Å². The van der Waals surface area contributed by atoms with E-state index in [1.54, 1.807) is 7.11 Å². The third kappa shape index (κ3) is 3.76. The second-order valence-corrected chi connectivity index (χ2v) is 8.58. The van der Waals surface area contributed by atoms with Crippen LogP contribution >= 0.6 is 0 Å². The number of H-pyrrole nitrogens is 1. The number of piperidine rings is 1. The molecule has 3 heterocycles. The van der Waals surface area contributed by atoms with Gasteiger partial charge in [-0.15, -0.1) is 0 Å². The summed E-state index contributed by atoms with van der Waals surface area (Å²) in [6, 6.07) is 14.3. The normalized spacial score (nSPS) is 14.8. The van der Waals surface area contributed by atoms with E-state index in [0.29, 0.717) is 19.0 Å². The van der Waals surface area contributed by atoms with Crippen LogP contribution in [0.3, 0.4) is 0 Å². The summed E-state index contributed by atoms with van der Waals surface area (Å²) in [6.45, 7) is 7.33. The second kappa shape index (κ2) is 8.90. The summed E-state index contributed by atoms with van der Waals surface area (Å²) in [6.07, 6.45) is 2.14. The Bertz CT molecular complexity index is 1340. The van der Waals surface area contributed by atoms with Gasteiger partial charge in [-0.05, 0) is 64.0 Å². The van der Waals surface area contributed by atoms with Crippen LogP contribution in [0.15, 0.2) is 47.3 Å². The Labute approximate surface area is 193 Å². The standard InChI is InChI=1S/C26H31N5O2/c1-4-30-21-10-9-19(16-22(21)31(5-2)26(30)32)24-23(18-7-6-8-20(15-18)33-3)28-25(29-24)17-11-13-27-14-12-17/h6-10,15-17,27H,4-5,11-14H2,1-3H3,(H,28,29). The molecule has 0 radical (unpaired) electrons. The smallest absolute Gasteiger partial charge is 0.329 e. The van der Waals surface area contributed by atoms with Gasteiger partial charge in [0.25, 0.3) is 0 Å². The Morgan fingerprint density at radius 3 is 2.48 bits per heavy atom. The van der Waals surface area contributed by atoms with E-state index in [1.807, 2.05) is 41.2 Å². The summed E-state index contributed by atoms with van der Waals surface area (Å²) >= 11 is 0. The zero-order valence-electron chi connectivity index (χ0n) is 19.5. The minimum atomic E-state index is 0.0418. The maximum Gasteiger partial charge on any atom is 0.329 e. The van der Waals surface area contributed by atoms with Crippen LogP contribution in [0.4, 0.5) is 0 Å². The SMILES string of the molecule is CCn1c(=O)n(CC)c2cc(-c3[nH]c(C4CCNCC4)nc3-c3cccc(OC)c3)ccc21. The molecule has 0 aliphatic carbocycles. The Morgan fingerprint density at radius 2 is 1.76 bits per heavy atom. The third-order valence-electron chi connectivity index (χ3n) is 6.73. The van der Waals surface area contributed by atoms with Gasteiger partial charge >= 0.3 is 5.69 Å². The first-order valence-corrected chi connectivity index (χ1v) is 11.8. The van der Waals surface area contributed by atoms with E-state index in [4.69, 9.17) is 9.72 Å². The number of hydrogen-bond acceptors (Lipinski definition) is 4. The van der Waals surface area contributed by atoms with Gasteiger partial charge in [0.15, 0.2) is 0 Å². The van der Waals surface area contributed by atoms with Gasteiger partial charge < -0.3 is 15.0 Å². The first-order valence-electron chi connectivity index (χ1n) is 11.8. The summed E-state index contributed by atoms with van der Waals surface area (Å²) in [5, 5.41) is 3.44. The monoisotopic (exact) mass is 445 g/mol. The molecule has 1 aliphatic heterocycles. The molecule has 1 fully saturated rings. The molecule has 7 heteroatoms. The van der Waals surface area contributed by atoms with Crippen LogP contribution in [0.25, 0.3) is 33.5 Å². The fraction of sp³-hybridized carbons (Fsp3) is 0.385. The van der Waals surface area contributed by atoms with Crippen molar-refractivity contribution in [2.24, 2.45) is 0 Å². The second-order valence-electron chi connectivity index (χ2n) is 8.58. The topological polar surface area (TPSA) is 76.9 Å². The van der Waals surface area contributed by atoms with Crippen molar-refractivity contribution in [3.8, 4) is 28.3 Å². The molecule has 2 aromatic heterocycles. The summed E-state index contributed by atoms with van der Waals surface area (Å²) in [4.78, 5) is 21.6. The Hall–Kier alpha value is -3.32. The molecule has 33 heavy (non-hydrogen) atoms. The lowest BCUT2D eigenvalue weighted by Crippen LogP contribution is -2.27. The Balaban J connectivity index is 1.69. The molecule has 7 nitrogen and oxygen atoms in total. The average molecular weight is 446 g/mol. The molecule has 2 N–H and O–H groups in total. The summed E-state index contributed by atoms with van der Waals surface area (Å²) in [5.74, 6) is 2.24. The number of nitrogens with zero attached hydrogens (tertiary/aromatic N) is 3. The number of nitrogens with one attached hydrogen (secondary N) is 2. The Kier molecular flexibility index (Phi) is 5.81. The molecule has 172 valence electrons. The van der Waals surface area contributed by atoms with Crippen molar-refractivity contribution in [1.29, 1.82) is 0 Å². The van der Waals surface area contributed by atoms with Crippen LogP contribution in [0.1, 0.15) is 38.4 Å². The largest absolute Gasteiger partial charge is 0.497 e. The maximum absolute atomic E-state index is 12.9. The predicted octanol–water partition coefficient (Wildman–Crippen LogP) is 4.38. The van der Waals surface area contributed by atoms with Crippen LogP contribution in [0.5, 0.6) is 5.75 Å². The van der Waals surface area contributed by atoms with Crippen molar-refractivity contribution in [2.75, 3.05) is 20.2 Å². The van der Waals surface area contributed by atoms with E-state index >= 15 is 0 Å². The molecule has 0 spiro atoms. The number of rotatable bonds is 6. The number of ether oxygens (including phenoxy) is 1.